The Morgan fingerprint density at radius 3 is 1.81 bits per heavy atom. The van der Waals surface area contributed by atoms with E-state index in [1.807, 2.05) is 0 Å². The normalized spacial score (nSPS) is 14.3. The van der Waals surface area contributed by atoms with Crippen molar-refractivity contribution in [3.05, 3.63) is 47.6 Å². The highest BCUT2D eigenvalue weighted by Gasteiger charge is 2.20. The summed E-state index contributed by atoms with van der Waals surface area (Å²) < 4.78 is 0.0790. The smallest absolute Gasteiger partial charge is 0.0440 e. The molecule has 0 nitrogen and oxygen atoms in total. The van der Waals surface area contributed by atoms with Gasteiger partial charge in [-0.2, -0.15) is 0 Å². The van der Waals surface area contributed by atoms with Crippen molar-refractivity contribution in [2.75, 3.05) is 0 Å². The van der Waals surface area contributed by atoms with Gasteiger partial charge in [0.2, 0.25) is 0 Å². The van der Waals surface area contributed by atoms with Crippen molar-refractivity contribution in [1.29, 1.82) is 0 Å². The molecule has 0 aromatic carbocycles. The zero-order valence-electron chi connectivity index (χ0n) is 14.6. The van der Waals surface area contributed by atoms with E-state index >= 15 is 0 Å². The first-order valence-electron chi connectivity index (χ1n) is 8.04. The fourth-order valence-corrected chi connectivity index (χ4v) is 2.64. The van der Waals surface area contributed by atoms with Crippen LogP contribution in [0.3, 0.4) is 0 Å². The van der Waals surface area contributed by atoms with E-state index in [0.29, 0.717) is 0 Å². The topological polar surface area (TPSA) is 0 Å². The molecule has 1 atom stereocenters. The summed E-state index contributed by atoms with van der Waals surface area (Å²) in [4.78, 5) is 0. The molecule has 0 radical (unpaired) electrons. The van der Waals surface area contributed by atoms with Crippen molar-refractivity contribution in [1.82, 2.24) is 0 Å². The molecule has 0 aliphatic heterocycles. The van der Waals surface area contributed by atoms with Crippen molar-refractivity contribution < 1.29 is 0 Å². The van der Waals surface area contributed by atoms with E-state index in [-0.39, 0.29) is 4.32 Å². The summed E-state index contributed by atoms with van der Waals surface area (Å²) >= 11 is 3.87. The summed E-state index contributed by atoms with van der Waals surface area (Å²) in [6, 6.07) is 0. The second-order valence-electron chi connectivity index (χ2n) is 6.47. The molecule has 0 spiro atoms. The lowest BCUT2D eigenvalue weighted by atomic mass is 9.96. The highest BCUT2D eigenvalue weighted by atomic mass is 79.9. The van der Waals surface area contributed by atoms with Crippen LogP contribution in [0, 0.1) is 0 Å². The van der Waals surface area contributed by atoms with Crippen LogP contribution in [-0.4, -0.2) is 4.32 Å². The molecule has 0 bridgehead atoms. The maximum Gasteiger partial charge on any atom is 0.0440 e. The van der Waals surface area contributed by atoms with Gasteiger partial charge >= 0.3 is 0 Å². The third-order valence-electron chi connectivity index (χ3n) is 3.62. The van der Waals surface area contributed by atoms with E-state index < -0.39 is 0 Å². The number of allylic oxidation sites excluding steroid dienone is 7. The van der Waals surface area contributed by atoms with E-state index in [0.717, 1.165) is 32.1 Å². The first-order valence-corrected chi connectivity index (χ1v) is 8.83. The highest BCUT2D eigenvalue weighted by molar-refractivity contribution is 9.10. The fraction of sp³-hybridized carbons (Fsp3) is 0.600. The molecular weight excluding hydrogens is 320 g/mol. The molecule has 0 aromatic heterocycles. The first-order chi connectivity index (χ1) is 9.79. The van der Waals surface area contributed by atoms with Crippen LogP contribution in [0.5, 0.6) is 0 Å². The van der Waals surface area contributed by atoms with Crippen LogP contribution in [0.15, 0.2) is 47.6 Å². The second kappa shape index (κ2) is 11.1. The van der Waals surface area contributed by atoms with Gasteiger partial charge in [-0.3, -0.25) is 0 Å². The Balaban J connectivity index is 4.22. The lowest BCUT2D eigenvalue weighted by Gasteiger charge is -2.22. The Bertz CT molecular complexity index is 390. The Morgan fingerprint density at radius 2 is 1.33 bits per heavy atom. The molecule has 0 N–H and O–H groups in total. The highest BCUT2D eigenvalue weighted by Crippen LogP contribution is 2.32. The van der Waals surface area contributed by atoms with Crippen LogP contribution in [0.1, 0.15) is 73.1 Å². The molecule has 0 aliphatic carbocycles. The standard InChI is InChI=1S/C20H33Br/c1-7-20(21,15-9-12-18(4)5)16-10-14-19(6)13-8-11-17(2)3/h7,11-12,14H,1,8-10,13,15-16H2,2-6H3/b19-14+. The number of hydrogen-bond acceptors (Lipinski definition) is 0. The lowest BCUT2D eigenvalue weighted by molar-refractivity contribution is 0.614. The van der Waals surface area contributed by atoms with E-state index in [9.17, 15) is 0 Å². The number of hydrogen-bond donors (Lipinski definition) is 0. The fourth-order valence-electron chi connectivity index (χ4n) is 2.18. The number of halogens is 1. The van der Waals surface area contributed by atoms with Crippen molar-refractivity contribution in [2.24, 2.45) is 0 Å². The molecule has 0 saturated heterocycles. The molecule has 0 aromatic rings. The average Bonchev–Trinajstić information content (AvgIpc) is 2.37. The van der Waals surface area contributed by atoms with E-state index in [2.05, 4.69) is 81.4 Å². The minimum absolute atomic E-state index is 0.0790. The van der Waals surface area contributed by atoms with Crippen molar-refractivity contribution in [3.63, 3.8) is 0 Å². The molecule has 0 saturated carbocycles. The van der Waals surface area contributed by atoms with Gasteiger partial charge in [0.15, 0.2) is 0 Å². The molecule has 0 rings (SSSR count). The molecule has 0 amide bonds. The minimum atomic E-state index is 0.0790. The average molecular weight is 353 g/mol. The SMILES string of the molecule is C=CC(Br)(CCC=C(C)C)CC/C=C(\C)CCC=C(C)C. The van der Waals surface area contributed by atoms with Gasteiger partial charge in [0.1, 0.15) is 0 Å². The van der Waals surface area contributed by atoms with Crippen LogP contribution < -0.4 is 0 Å². The van der Waals surface area contributed by atoms with Gasteiger partial charge in [-0.15, -0.1) is 6.58 Å². The Labute approximate surface area is 141 Å². The summed E-state index contributed by atoms with van der Waals surface area (Å²) in [5.41, 5.74) is 4.30. The quantitative estimate of drug-likeness (QED) is 0.281. The van der Waals surface area contributed by atoms with Crippen LogP contribution in [-0.2, 0) is 0 Å². The van der Waals surface area contributed by atoms with E-state index in [1.54, 1.807) is 0 Å². The monoisotopic (exact) mass is 352 g/mol. The van der Waals surface area contributed by atoms with Crippen LogP contribution in [0.4, 0.5) is 0 Å². The predicted octanol–water partition coefficient (Wildman–Crippen LogP) is 7.53. The Kier molecular flexibility index (Phi) is 10.8. The van der Waals surface area contributed by atoms with Gasteiger partial charge in [-0.25, -0.2) is 0 Å². The first kappa shape index (κ1) is 20.4. The van der Waals surface area contributed by atoms with Gasteiger partial charge in [-0.1, -0.05) is 57.0 Å². The summed E-state index contributed by atoms with van der Waals surface area (Å²) in [6.45, 7) is 14.9. The molecular formula is C20H33Br. The van der Waals surface area contributed by atoms with Crippen LogP contribution >= 0.6 is 15.9 Å². The van der Waals surface area contributed by atoms with Gasteiger partial charge in [0, 0.05) is 4.32 Å². The third kappa shape index (κ3) is 11.7. The van der Waals surface area contributed by atoms with Gasteiger partial charge < -0.3 is 0 Å². The third-order valence-corrected chi connectivity index (χ3v) is 4.74. The zero-order valence-corrected chi connectivity index (χ0v) is 16.2. The number of alkyl halides is 1. The van der Waals surface area contributed by atoms with Gasteiger partial charge in [0.25, 0.3) is 0 Å². The van der Waals surface area contributed by atoms with Crippen LogP contribution in [0.2, 0.25) is 0 Å². The molecule has 21 heavy (non-hydrogen) atoms. The van der Waals surface area contributed by atoms with Crippen molar-refractivity contribution in [2.45, 2.75) is 77.5 Å². The Hall–Kier alpha value is -0.560. The maximum atomic E-state index is 4.00. The van der Waals surface area contributed by atoms with Crippen molar-refractivity contribution in [3.8, 4) is 0 Å². The summed E-state index contributed by atoms with van der Waals surface area (Å²) in [6.07, 6.45) is 15.9. The second-order valence-corrected chi connectivity index (χ2v) is 8.05. The van der Waals surface area contributed by atoms with Crippen molar-refractivity contribution >= 4 is 15.9 Å². The predicted molar refractivity (Wildman–Crippen MR) is 102 cm³/mol. The molecule has 0 fully saturated rings. The van der Waals surface area contributed by atoms with Crippen LogP contribution in [0.25, 0.3) is 0 Å². The lowest BCUT2D eigenvalue weighted by Crippen LogP contribution is -2.16. The Morgan fingerprint density at radius 1 is 0.857 bits per heavy atom. The molecule has 120 valence electrons. The van der Waals surface area contributed by atoms with E-state index in [4.69, 9.17) is 0 Å². The van der Waals surface area contributed by atoms with E-state index in [1.165, 1.54) is 23.1 Å². The molecule has 0 aliphatic rings. The summed E-state index contributed by atoms with van der Waals surface area (Å²) in [5.74, 6) is 0. The molecule has 1 unspecified atom stereocenters. The zero-order chi connectivity index (χ0) is 16.3. The minimum Gasteiger partial charge on any atom is -0.102 e. The molecule has 0 heterocycles. The largest absolute Gasteiger partial charge is 0.102 e. The maximum absolute atomic E-state index is 4.00. The summed E-state index contributed by atoms with van der Waals surface area (Å²) in [5, 5.41) is 0. The number of rotatable bonds is 10. The van der Waals surface area contributed by atoms with Gasteiger partial charge in [-0.05, 0) is 73.1 Å². The summed E-state index contributed by atoms with van der Waals surface area (Å²) in [7, 11) is 0. The molecule has 1 heteroatoms. The van der Waals surface area contributed by atoms with Gasteiger partial charge in [0.05, 0.1) is 0 Å².